The fourth-order valence-electron chi connectivity index (χ4n) is 4.58. The molecule has 0 spiro atoms. The lowest BCUT2D eigenvalue weighted by molar-refractivity contribution is -0.132. The van der Waals surface area contributed by atoms with E-state index in [2.05, 4.69) is 20.9 Å². The first-order valence-electron chi connectivity index (χ1n) is 13.8. The van der Waals surface area contributed by atoms with Crippen LogP contribution in [0.4, 0.5) is 19.3 Å². The van der Waals surface area contributed by atoms with Gasteiger partial charge in [-0.25, -0.2) is 18.6 Å². The van der Waals surface area contributed by atoms with E-state index >= 15 is 0 Å². The third-order valence-electron chi connectivity index (χ3n) is 6.70. The van der Waals surface area contributed by atoms with Gasteiger partial charge in [0, 0.05) is 37.1 Å². The summed E-state index contributed by atoms with van der Waals surface area (Å²) in [4.78, 5) is 40.4. The average Bonchev–Trinajstić information content (AvgIpc) is 3.31. The number of aliphatic hydroxyl groups excluding tert-OH is 1. The van der Waals surface area contributed by atoms with Crippen LogP contribution < -0.4 is 21.7 Å². The normalized spacial score (nSPS) is 13.6. The van der Waals surface area contributed by atoms with Gasteiger partial charge in [-0.1, -0.05) is 32.9 Å². The Morgan fingerprint density at radius 1 is 1.05 bits per heavy atom. The van der Waals surface area contributed by atoms with Gasteiger partial charge in [-0.15, -0.1) is 0 Å². The van der Waals surface area contributed by atoms with Gasteiger partial charge in [0.1, 0.15) is 23.6 Å². The van der Waals surface area contributed by atoms with Crippen LogP contribution in [0.3, 0.4) is 0 Å². The molecule has 1 aromatic heterocycles. The van der Waals surface area contributed by atoms with E-state index in [1.165, 1.54) is 6.20 Å². The van der Waals surface area contributed by atoms with E-state index in [4.69, 9.17) is 10.8 Å². The average molecular weight is 601 g/mol. The van der Waals surface area contributed by atoms with Crippen molar-refractivity contribution < 1.29 is 33.4 Å². The Kier molecular flexibility index (Phi) is 11.0. The number of carboxylic acid groups (broad SMARTS) is 1. The van der Waals surface area contributed by atoms with Gasteiger partial charge in [0.2, 0.25) is 11.8 Å². The molecule has 1 unspecified atom stereocenters. The van der Waals surface area contributed by atoms with E-state index in [-0.39, 0.29) is 42.6 Å². The highest BCUT2D eigenvalue weighted by molar-refractivity contribution is 5.94. The predicted octanol–water partition coefficient (Wildman–Crippen LogP) is 3.43. The number of rotatable bonds is 12. The van der Waals surface area contributed by atoms with Crippen molar-refractivity contribution in [2.75, 3.05) is 18.4 Å². The number of aromatic nitrogens is 2. The zero-order chi connectivity index (χ0) is 31.9. The Morgan fingerprint density at radius 2 is 1.74 bits per heavy atom. The lowest BCUT2D eigenvalue weighted by Gasteiger charge is -2.33. The van der Waals surface area contributed by atoms with Crippen LogP contribution in [0, 0.1) is 17.0 Å². The summed E-state index contributed by atoms with van der Waals surface area (Å²) < 4.78 is 30.6. The first-order valence-corrected chi connectivity index (χ1v) is 13.8. The number of nitrogens with one attached hydrogen (secondary N) is 3. The van der Waals surface area contributed by atoms with Gasteiger partial charge in [0.25, 0.3) is 0 Å². The number of aliphatic hydroxyl groups is 1. The number of carbonyl (C=O) groups is 3. The number of amides is 3. The van der Waals surface area contributed by atoms with Crippen LogP contribution in [0.15, 0.2) is 48.7 Å². The molecule has 0 aliphatic heterocycles. The number of anilines is 1. The number of hydrogen-bond donors (Lipinski definition) is 6. The van der Waals surface area contributed by atoms with Gasteiger partial charge < -0.3 is 36.5 Å². The minimum Gasteiger partial charge on any atom is -0.465 e. The largest absolute Gasteiger partial charge is 0.465 e. The van der Waals surface area contributed by atoms with E-state index in [0.29, 0.717) is 17.7 Å². The molecule has 232 valence electrons. The number of imidazole rings is 1. The molecule has 0 radical (unpaired) electrons. The summed E-state index contributed by atoms with van der Waals surface area (Å²) in [6, 6.07) is 9.26. The second kappa shape index (κ2) is 14.2. The Labute approximate surface area is 248 Å². The van der Waals surface area contributed by atoms with Crippen LogP contribution in [0.2, 0.25) is 0 Å². The number of carbonyl (C=O) groups excluding carboxylic acids is 2. The molecule has 3 rings (SSSR count). The summed E-state index contributed by atoms with van der Waals surface area (Å²) in [6.07, 6.45) is -0.937. The van der Waals surface area contributed by atoms with E-state index in [9.17, 15) is 28.3 Å². The molecule has 3 aromatic rings. The van der Waals surface area contributed by atoms with Gasteiger partial charge in [-0.05, 0) is 54.7 Å². The number of benzene rings is 2. The van der Waals surface area contributed by atoms with Crippen LogP contribution in [0.25, 0.3) is 11.3 Å². The molecule has 0 aliphatic rings. The number of nitrogens with zero attached hydrogens (tertiary/aromatic N) is 2. The second-order valence-corrected chi connectivity index (χ2v) is 11.4. The molecule has 0 saturated heterocycles. The quantitative estimate of drug-likeness (QED) is 0.173. The van der Waals surface area contributed by atoms with Crippen LogP contribution in [-0.4, -0.2) is 62.9 Å². The third kappa shape index (κ3) is 9.06. The van der Waals surface area contributed by atoms with Crippen molar-refractivity contribution in [1.29, 1.82) is 0 Å². The molecule has 3 amide bonds. The molecule has 2 aromatic carbocycles. The zero-order valence-electron chi connectivity index (χ0n) is 24.5. The summed E-state index contributed by atoms with van der Waals surface area (Å²) in [6.45, 7) is 7.39. The van der Waals surface area contributed by atoms with Crippen molar-refractivity contribution in [1.82, 2.24) is 20.2 Å². The molecule has 43 heavy (non-hydrogen) atoms. The summed E-state index contributed by atoms with van der Waals surface area (Å²) in [5, 5.41) is 27.6. The minimum atomic E-state index is -1.59. The van der Waals surface area contributed by atoms with E-state index in [1.807, 2.05) is 20.8 Å². The Balaban J connectivity index is 2.02. The molecule has 13 heteroatoms. The maximum absolute atomic E-state index is 14.8. The summed E-state index contributed by atoms with van der Waals surface area (Å²) in [5.74, 6) is -3.07. The van der Waals surface area contributed by atoms with Crippen molar-refractivity contribution >= 4 is 23.6 Å². The highest BCUT2D eigenvalue weighted by Crippen LogP contribution is 2.39. The molecular weight excluding hydrogens is 562 g/mol. The van der Waals surface area contributed by atoms with Gasteiger partial charge in [0.05, 0.1) is 17.7 Å². The lowest BCUT2D eigenvalue weighted by atomic mass is 9.76. The van der Waals surface area contributed by atoms with Crippen LogP contribution in [0.1, 0.15) is 51.4 Å². The molecule has 0 fully saturated rings. The van der Waals surface area contributed by atoms with Crippen LogP contribution >= 0.6 is 0 Å². The molecule has 7 N–H and O–H groups in total. The first kappa shape index (κ1) is 33.1. The van der Waals surface area contributed by atoms with Crippen molar-refractivity contribution in [3.8, 4) is 11.3 Å². The Hall–Kier alpha value is -4.36. The lowest BCUT2D eigenvalue weighted by Crippen LogP contribution is -2.44. The standard InChI is InChI=1S/C30H38F2N6O5/c1-17(33)27(40)36-20-8-5-7-18(13-20)15-38-16-23(21-14-19(31)9-10-22(21)32)37-26(38)24(30(2,3)4)25(39)28(41)34-11-6-12-35-29(42)43/h5,7-10,13-14,16-17,24-25,35,39H,6,11-12,15,33H2,1-4H3,(H,34,41)(H,36,40)(H,42,43)/t17-,24-,25?/m0/s1. The molecule has 3 atom stereocenters. The van der Waals surface area contributed by atoms with E-state index in [1.54, 1.807) is 35.8 Å². The fraction of sp³-hybridized carbons (Fsp3) is 0.400. The Bertz CT molecular complexity index is 1450. The highest BCUT2D eigenvalue weighted by atomic mass is 19.1. The minimum absolute atomic E-state index is 0.0875. The number of hydrogen-bond acceptors (Lipinski definition) is 6. The summed E-state index contributed by atoms with van der Waals surface area (Å²) in [7, 11) is 0. The van der Waals surface area contributed by atoms with Crippen molar-refractivity contribution in [3.05, 3.63) is 71.7 Å². The Morgan fingerprint density at radius 3 is 2.40 bits per heavy atom. The SMILES string of the molecule is C[C@H](N)C(=O)Nc1cccc(Cn2cc(-c3cc(F)ccc3F)nc2[C@H](C(O)C(=O)NCCCNC(=O)O)C(C)(C)C)c1. The van der Waals surface area contributed by atoms with Gasteiger partial charge in [-0.2, -0.15) is 0 Å². The molecular formula is C30H38F2N6O5. The van der Waals surface area contributed by atoms with E-state index < -0.39 is 47.1 Å². The number of nitrogens with two attached hydrogens (primary N) is 1. The predicted molar refractivity (Wildman–Crippen MR) is 157 cm³/mol. The van der Waals surface area contributed by atoms with Crippen LogP contribution in [-0.2, 0) is 16.1 Å². The van der Waals surface area contributed by atoms with Crippen molar-refractivity contribution in [3.63, 3.8) is 0 Å². The highest BCUT2D eigenvalue weighted by Gasteiger charge is 2.40. The maximum Gasteiger partial charge on any atom is 0.404 e. The maximum atomic E-state index is 14.8. The molecule has 11 nitrogen and oxygen atoms in total. The fourth-order valence-corrected chi connectivity index (χ4v) is 4.58. The van der Waals surface area contributed by atoms with E-state index in [0.717, 1.165) is 18.2 Å². The van der Waals surface area contributed by atoms with Gasteiger partial charge in [0.15, 0.2) is 0 Å². The zero-order valence-corrected chi connectivity index (χ0v) is 24.5. The number of halogens is 2. The molecule has 0 aliphatic carbocycles. The van der Waals surface area contributed by atoms with Crippen molar-refractivity contribution in [2.45, 2.75) is 58.7 Å². The summed E-state index contributed by atoms with van der Waals surface area (Å²) >= 11 is 0. The second-order valence-electron chi connectivity index (χ2n) is 11.4. The monoisotopic (exact) mass is 600 g/mol. The molecule has 0 bridgehead atoms. The van der Waals surface area contributed by atoms with Crippen LogP contribution in [0.5, 0.6) is 0 Å². The molecule has 1 heterocycles. The van der Waals surface area contributed by atoms with Gasteiger partial charge >= 0.3 is 6.09 Å². The first-order chi connectivity index (χ1) is 20.2. The van der Waals surface area contributed by atoms with Crippen molar-refractivity contribution in [2.24, 2.45) is 11.1 Å². The van der Waals surface area contributed by atoms with Gasteiger partial charge in [-0.3, -0.25) is 9.59 Å². The third-order valence-corrected chi connectivity index (χ3v) is 6.70. The molecule has 0 saturated carbocycles. The topological polar surface area (TPSA) is 172 Å². The smallest absolute Gasteiger partial charge is 0.404 e. The summed E-state index contributed by atoms with van der Waals surface area (Å²) in [5.41, 5.74) is 6.16.